The summed E-state index contributed by atoms with van der Waals surface area (Å²) >= 11 is 0. The van der Waals surface area contributed by atoms with Gasteiger partial charge in [-0.2, -0.15) is 0 Å². The van der Waals surface area contributed by atoms with Crippen LogP contribution in [0.15, 0.2) is 0 Å². The van der Waals surface area contributed by atoms with Crippen LogP contribution in [0, 0.1) is 0 Å². The van der Waals surface area contributed by atoms with Crippen LogP contribution in [0.5, 0.6) is 0 Å². The number of hydrogen-bond donors (Lipinski definition) is 4. The Kier molecular flexibility index (Phi) is 40.9. The molecule has 0 aromatic rings. The molecule has 0 fully saturated rings. The van der Waals surface area contributed by atoms with Gasteiger partial charge in [-0.05, 0) is 58.4 Å². The standard InChI is InChI=1S/C10H25N3O.3BrH/c11-5-3-7-13-9-4-8-12-6-1-2-10-14;;;/h12-14H,1-11H2;3*1H. The van der Waals surface area contributed by atoms with Gasteiger partial charge in [-0.15, -0.1) is 50.9 Å². The summed E-state index contributed by atoms with van der Waals surface area (Å²) in [6.45, 7) is 5.24. The number of nitrogens with one attached hydrogen (secondary N) is 2. The van der Waals surface area contributed by atoms with E-state index in [0.29, 0.717) is 6.61 Å². The molecular formula is C10H28Br3N3O. The van der Waals surface area contributed by atoms with Crippen LogP contribution in [0.3, 0.4) is 0 Å². The van der Waals surface area contributed by atoms with Crippen LogP contribution in [0.25, 0.3) is 0 Å². The van der Waals surface area contributed by atoms with E-state index in [2.05, 4.69) is 10.6 Å². The molecule has 7 heteroatoms. The van der Waals surface area contributed by atoms with E-state index in [-0.39, 0.29) is 50.9 Å². The molecule has 0 amide bonds. The number of nitrogens with two attached hydrogens (primary N) is 1. The van der Waals surface area contributed by atoms with Crippen molar-refractivity contribution in [1.29, 1.82) is 0 Å². The lowest BCUT2D eigenvalue weighted by atomic mass is 10.3. The second-order valence-electron chi connectivity index (χ2n) is 3.43. The maximum atomic E-state index is 8.54. The lowest BCUT2D eigenvalue weighted by molar-refractivity contribution is 0.283. The first-order valence-corrected chi connectivity index (χ1v) is 5.64. The molecule has 17 heavy (non-hydrogen) atoms. The van der Waals surface area contributed by atoms with Gasteiger partial charge < -0.3 is 21.5 Å². The molecule has 0 bridgehead atoms. The number of aliphatic hydroxyl groups excluding tert-OH is 1. The van der Waals surface area contributed by atoms with Gasteiger partial charge in [0.05, 0.1) is 0 Å². The van der Waals surface area contributed by atoms with Crippen molar-refractivity contribution in [2.75, 3.05) is 39.3 Å². The maximum absolute atomic E-state index is 8.54. The molecule has 0 rings (SSSR count). The maximum Gasteiger partial charge on any atom is 0.0431 e. The highest BCUT2D eigenvalue weighted by atomic mass is 79.9. The zero-order chi connectivity index (χ0) is 10.5. The van der Waals surface area contributed by atoms with Gasteiger partial charge >= 0.3 is 0 Å². The molecule has 0 saturated carbocycles. The van der Waals surface area contributed by atoms with Gasteiger partial charge in [0, 0.05) is 6.61 Å². The van der Waals surface area contributed by atoms with Gasteiger partial charge in [0.25, 0.3) is 0 Å². The first-order valence-electron chi connectivity index (χ1n) is 5.64. The molecular weight excluding hydrogens is 418 g/mol. The molecule has 0 atom stereocenters. The first kappa shape index (κ1) is 26.8. The predicted molar refractivity (Wildman–Crippen MR) is 91.3 cm³/mol. The Balaban J connectivity index is -0.000000282. The Morgan fingerprint density at radius 3 is 1.65 bits per heavy atom. The van der Waals surface area contributed by atoms with Gasteiger partial charge in [-0.25, -0.2) is 0 Å². The van der Waals surface area contributed by atoms with E-state index in [4.69, 9.17) is 10.8 Å². The zero-order valence-corrected chi connectivity index (χ0v) is 15.5. The summed E-state index contributed by atoms with van der Waals surface area (Å²) in [5, 5.41) is 15.2. The van der Waals surface area contributed by atoms with E-state index in [1.165, 1.54) is 0 Å². The summed E-state index contributed by atoms with van der Waals surface area (Å²) in [5.74, 6) is 0. The van der Waals surface area contributed by atoms with Crippen LogP contribution in [0.2, 0.25) is 0 Å². The number of halogens is 3. The van der Waals surface area contributed by atoms with Crippen molar-refractivity contribution in [2.24, 2.45) is 5.73 Å². The molecule has 0 heterocycles. The average molecular weight is 446 g/mol. The topological polar surface area (TPSA) is 70.3 Å². The van der Waals surface area contributed by atoms with Crippen molar-refractivity contribution in [2.45, 2.75) is 25.7 Å². The number of rotatable bonds is 11. The minimum Gasteiger partial charge on any atom is -0.396 e. The largest absolute Gasteiger partial charge is 0.396 e. The third-order valence-electron chi connectivity index (χ3n) is 2.03. The molecule has 4 nitrogen and oxygen atoms in total. The van der Waals surface area contributed by atoms with Gasteiger partial charge in [0.2, 0.25) is 0 Å². The van der Waals surface area contributed by atoms with Gasteiger partial charge in [0.15, 0.2) is 0 Å². The SMILES string of the molecule is Br.Br.Br.NCCCNCCCNCCCCO. The highest BCUT2D eigenvalue weighted by molar-refractivity contribution is 8.93. The van der Waals surface area contributed by atoms with Crippen molar-refractivity contribution in [3.05, 3.63) is 0 Å². The minimum absolute atomic E-state index is 0. The molecule has 0 unspecified atom stereocenters. The number of unbranched alkanes of at least 4 members (excludes halogenated alkanes) is 1. The van der Waals surface area contributed by atoms with Crippen molar-refractivity contribution in [3.63, 3.8) is 0 Å². The molecule has 0 aliphatic rings. The Morgan fingerprint density at radius 1 is 0.706 bits per heavy atom. The molecule has 110 valence electrons. The third kappa shape index (κ3) is 26.8. The summed E-state index contributed by atoms with van der Waals surface area (Å²) in [6.07, 6.45) is 4.19. The van der Waals surface area contributed by atoms with E-state index in [0.717, 1.165) is 58.4 Å². The van der Waals surface area contributed by atoms with Crippen LogP contribution < -0.4 is 16.4 Å². The Hall–Kier alpha value is 1.28. The Morgan fingerprint density at radius 2 is 1.18 bits per heavy atom. The third-order valence-corrected chi connectivity index (χ3v) is 2.03. The normalized spacial score (nSPS) is 8.82. The number of aliphatic hydroxyl groups is 1. The number of hydrogen-bond acceptors (Lipinski definition) is 4. The second kappa shape index (κ2) is 26.0. The fourth-order valence-electron chi connectivity index (χ4n) is 1.18. The molecule has 0 radical (unpaired) electrons. The summed E-state index contributed by atoms with van der Waals surface area (Å²) in [4.78, 5) is 0. The summed E-state index contributed by atoms with van der Waals surface area (Å²) in [5.41, 5.74) is 5.36. The molecule has 0 saturated heterocycles. The molecule has 0 aliphatic carbocycles. The lowest BCUT2D eigenvalue weighted by Gasteiger charge is -2.05. The van der Waals surface area contributed by atoms with E-state index in [9.17, 15) is 0 Å². The van der Waals surface area contributed by atoms with E-state index >= 15 is 0 Å². The van der Waals surface area contributed by atoms with Crippen molar-refractivity contribution >= 4 is 50.9 Å². The van der Waals surface area contributed by atoms with E-state index in [1.807, 2.05) is 0 Å². The second-order valence-corrected chi connectivity index (χ2v) is 3.43. The van der Waals surface area contributed by atoms with Gasteiger partial charge in [-0.3, -0.25) is 0 Å². The summed E-state index contributed by atoms with van der Waals surface area (Å²) < 4.78 is 0. The average Bonchev–Trinajstić information content (AvgIpc) is 2.21. The fourth-order valence-corrected chi connectivity index (χ4v) is 1.18. The van der Waals surface area contributed by atoms with Gasteiger partial charge in [-0.1, -0.05) is 0 Å². The molecule has 0 aromatic carbocycles. The summed E-state index contributed by atoms with van der Waals surface area (Å²) in [7, 11) is 0. The van der Waals surface area contributed by atoms with Crippen molar-refractivity contribution in [1.82, 2.24) is 10.6 Å². The minimum atomic E-state index is 0. The fraction of sp³-hybridized carbons (Fsp3) is 1.00. The van der Waals surface area contributed by atoms with Crippen molar-refractivity contribution < 1.29 is 5.11 Å². The van der Waals surface area contributed by atoms with Crippen LogP contribution in [-0.4, -0.2) is 44.4 Å². The van der Waals surface area contributed by atoms with E-state index < -0.39 is 0 Å². The summed E-state index contributed by atoms with van der Waals surface area (Å²) in [6, 6.07) is 0. The molecule has 0 aliphatic heterocycles. The molecule has 5 N–H and O–H groups in total. The van der Waals surface area contributed by atoms with E-state index in [1.54, 1.807) is 0 Å². The zero-order valence-electron chi connectivity index (χ0n) is 10.3. The molecule has 0 aromatic heterocycles. The monoisotopic (exact) mass is 443 g/mol. The quantitative estimate of drug-likeness (QED) is 0.363. The first-order chi connectivity index (χ1) is 6.91. The van der Waals surface area contributed by atoms with Crippen LogP contribution >= 0.6 is 50.9 Å². The van der Waals surface area contributed by atoms with Crippen LogP contribution in [0.1, 0.15) is 25.7 Å². The molecule has 0 spiro atoms. The van der Waals surface area contributed by atoms with Crippen molar-refractivity contribution in [3.8, 4) is 0 Å². The lowest BCUT2D eigenvalue weighted by Crippen LogP contribution is -2.24. The predicted octanol–water partition coefficient (Wildman–Crippen LogP) is 1.41. The Labute approximate surface area is 137 Å². The smallest absolute Gasteiger partial charge is 0.0431 e. The van der Waals surface area contributed by atoms with Crippen LogP contribution in [-0.2, 0) is 0 Å². The van der Waals surface area contributed by atoms with Crippen LogP contribution in [0.4, 0.5) is 0 Å². The highest BCUT2D eigenvalue weighted by Crippen LogP contribution is 1.83. The Bertz CT molecular complexity index is 101. The highest BCUT2D eigenvalue weighted by Gasteiger charge is 1.89. The van der Waals surface area contributed by atoms with Gasteiger partial charge in [0.1, 0.15) is 0 Å².